The summed E-state index contributed by atoms with van der Waals surface area (Å²) in [5, 5.41) is 0. The highest BCUT2D eigenvalue weighted by atomic mass is 32.2. The number of hydrogen-bond acceptors (Lipinski definition) is 4. The van der Waals surface area contributed by atoms with Crippen molar-refractivity contribution in [1.82, 2.24) is 18.8 Å². The van der Waals surface area contributed by atoms with Crippen LogP contribution in [0, 0.1) is 6.92 Å². The zero-order valence-electron chi connectivity index (χ0n) is 19.5. The molecule has 0 saturated heterocycles. The summed E-state index contributed by atoms with van der Waals surface area (Å²) < 4.78 is 42.8. The van der Waals surface area contributed by atoms with Gasteiger partial charge in [0.25, 0.3) is 5.91 Å². The number of carbonyl (C=O) groups is 1. The minimum atomic E-state index is -3.66. The number of allylic oxidation sites excluding steroid dienone is 1. The Morgan fingerprint density at radius 3 is 2.48 bits per heavy atom. The molecule has 2 heterocycles. The van der Waals surface area contributed by atoms with Gasteiger partial charge < -0.3 is 15.2 Å². The highest BCUT2D eigenvalue weighted by Crippen LogP contribution is 2.35. The van der Waals surface area contributed by atoms with Crippen LogP contribution in [0.25, 0.3) is 22.2 Å². The van der Waals surface area contributed by atoms with Gasteiger partial charge in [0.2, 0.25) is 10.0 Å². The normalized spacial score (nSPS) is 12.5. The van der Waals surface area contributed by atoms with Crippen LogP contribution in [-0.2, 0) is 16.6 Å². The first-order valence-corrected chi connectivity index (χ1v) is 11.8. The molecule has 0 aliphatic heterocycles. The summed E-state index contributed by atoms with van der Waals surface area (Å²) in [6.07, 6.45) is 1.41. The average Bonchev–Trinajstić information content (AvgIpc) is 3.03. The molecule has 0 unspecified atom stereocenters. The third-order valence-electron chi connectivity index (χ3n) is 5.37. The number of quaternary nitrogens is 1. The number of pyridine rings is 1. The summed E-state index contributed by atoms with van der Waals surface area (Å²) in [5.41, 5.74) is 7.02. The van der Waals surface area contributed by atoms with Gasteiger partial charge in [-0.05, 0) is 36.8 Å². The second kappa shape index (κ2) is 9.42. The molecule has 176 valence electrons. The minimum absolute atomic E-state index is 0.0177. The summed E-state index contributed by atoms with van der Waals surface area (Å²) in [6.45, 7) is 2.13. The van der Waals surface area contributed by atoms with Crippen molar-refractivity contribution in [3.8, 4) is 11.1 Å². The molecule has 0 spiro atoms. The van der Waals surface area contributed by atoms with Gasteiger partial charge in [-0.3, -0.25) is 4.79 Å². The molecule has 0 radical (unpaired) electrons. The highest BCUT2D eigenvalue weighted by molar-refractivity contribution is 7.89. The quantitative estimate of drug-likeness (QED) is 0.566. The topological polar surface area (TPSA) is 103 Å². The second-order valence-electron chi connectivity index (χ2n) is 8.07. The zero-order valence-corrected chi connectivity index (χ0v) is 20.3. The number of aromatic nitrogens is 2. The van der Waals surface area contributed by atoms with Crippen molar-refractivity contribution in [3.05, 3.63) is 59.7 Å². The zero-order chi connectivity index (χ0) is 24.5. The van der Waals surface area contributed by atoms with Gasteiger partial charge in [-0.1, -0.05) is 12.1 Å². The van der Waals surface area contributed by atoms with Gasteiger partial charge in [0.15, 0.2) is 0 Å². The third kappa shape index (κ3) is 4.68. The lowest BCUT2D eigenvalue weighted by atomic mass is 10.0. The smallest absolute Gasteiger partial charge is 0.271 e. The second-order valence-corrected chi connectivity index (χ2v) is 10.2. The van der Waals surface area contributed by atoms with Crippen molar-refractivity contribution in [1.29, 1.82) is 0 Å². The number of carbonyl (C=O) groups excluding carboxylic acids is 1. The Labute approximate surface area is 193 Å². The molecular formula is C23H29FN5O3S+. The van der Waals surface area contributed by atoms with E-state index < -0.39 is 10.0 Å². The van der Waals surface area contributed by atoms with E-state index in [4.69, 9.17) is 0 Å². The van der Waals surface area contributed by atoms with E-state index in [0.29, 0.717) is 34.4 Å². The molecule has 0 bridgehead atoms. The van der Waals surface area contributed by atoms with Gasteiger partial charge in [0, 0.05) is 45.5 Å². The molecule has 10 heteroatoms. The van der Waals surface area contributed by atoms with Crippen LogP contribution in [0.3, 0.4) is 0 Å². The van der Waals surface area contributed by atoms with E-state index >= 15 is 0 Å². The Kier molecular flexibility index (Phi) is 7.01. The van der Waals surface area contributed by atoms with Crippen LogP contribution >= 0.6 is 0 Å². The molecule has 3 rings (SSSR count). The first-order valence-electron chi connectivity index (χ1n) is 10.4. The molecule has 0 aliphatic carbocycles. The summed E-state index contributed by atoms with van der Waals surface area (Å²) in [5.74, 6) is -0.603. The molecule has 0 fully saturated rings. The molecule has 1 aromatic carbocycles. The van der Waals surface area contributed by atoms with Crippen LogP contribution in [0.2, 0.25) is 0 Å². The summed E-state index contributed by atoms with van der Waals surface area (Å²) >= 11 is 0. The molecule has 0 atom stereocenters. The maximum absolute atomic E-state index is 14.5. The fraction of sp³-hybridized carbons (Fsp3) is 0.304. The monoisotopic (exact) mass is 474 g/mol. The van der Waals surface area contributed by atoms with Crippen LogP contribution in [-0.4, -0.2) is 67.8 Å². The van der Waals surface area contributed by atoms with Crippen molar-refractivity contribution in [2.75, 3.05) is 34.7 Å². The Morgan fingerprint density at radius 2 is 1.88 bits per heavy atom. The SMILES string of the molecule is Cc1c(-c2cccc(S(=O)(=O)N(C)C)c2)c2nc(C(=O)N(C)C)ccc2n1C/C(F)=C/C[NH3+]. The number of benzene rings is 1. The van der Waals surface area contributed by atoms with Gasteiger partial charge in [-0.25, -0.2) is 22.1 Å². The molecule has 33 heavy (non-hydrogen) atoms. The molecule has 1 amide bonds. The van der Waals surface area contributed by atoms with Crippen molar-refractivity contribution in [2.45, 2.75) is 18.4 Å². The first kappa shape index (κ1) is 24.6. The van der Waals surface area contributed by atoms with Crippen molar-refractivity contribution in [2.24, 2.45) is 0 Å². The largest absolute Gasteiger partial charge is 0.354 e. The van der Waals surface area contributed by atoms with E-state index in [-0.39, 0.29) is 28.9 Å². The lowest BCUT2D eigenvalue weighted by molar-refractivity contribution is -0.353. The number of amides is 1. The minimum Gasteiger partial charge on any atom is -0.354 e. The fourth-order valence-electron chi connectivity index (χ4n) is 3.63. The lowest BCUT2D eigenvalue weighted by Crippen LogP contribution is -2.49. The van der Waals surface area contributed by atoms with Gasteiger partial charge in [0.05, 0.1) is 29.0 Å². The van der Waals surface area contributed by atoms with Crippen molar-refractivity contribution < 1.29 is 23.3 Å². The number of hydrogen-bond donors (Lipinski definition) is 1. The van der Waals surface area contributed by atoms with E-state index in [0.717, 1.165) is 4.31 Å². The van der Waals surface area contributed by atoms with E-state index in [2.05, 4.69) is 10.7 Å². The Hall–Kier alpha value is -3.08. The number of halogens is 1. The van der Waals surface area contributed by atoms with Crippen LogP contribution in [0.4, 0.5) is 4.39 Å². The molecule has 0 saturated carbocycles. The maximum Gasteiger partial charge on any atom is 0.271 e. The van der Waals surface area contributed by atoms with Crippen LogP contribution < -0.4 is 5.73 Å². The average molecular weight is 475 g/mol. The van der Waals surface area contributed by atoms with Gasteiger partial charge >= 0.3 is 0 Å². The summed E-state index contributed by atoms with van der Waals surface area (Å²) in [7, 11) is 2.56. The molecule has 2 aromatic heterocycles. The standard InChI is InChI=1S/C23H28FN5O3S/c1-15-21(16-7-6-8-18(13-16)33(31,32)28(4)5)22-20(29(15)14-17(24)11-12-25)10-9-19(26-22)23(30)27(2)3/h6-11,13H,12,14,25H2,1-5H3/p+1/b17-11-. The van der Waals surface area contributed by atoms with Crippen molar-refractivity contribution >= 4 is 27.0 Å². The maximum atomic E-state index is 14.5. The predicted octanol–water partition coefficient (Wildman–Crippen LogP) is 2.06. The van der Waals surface area contributed by atoms with E-state index in [1.165, 1.54) is 31.1 Å². The molecular weight excluding hydrogens is 445 g/mol. The van der Waals surface area contributed by atoms with Gasteiger partial charge in [-0.2, -0.15) is 0 Å². The number of rotatable bonds is 7. The number of fused-ring (bicyclic) bond motifs is 1. The molecule has 8 nitrogen and oxygen atoms in total. The number of nitrogens with zero attached hydrogens (tertiary/aromatic N) is 4. The van der Waals surface area contributed by atoms with Crippen LogP contribution in [0.15, 0.2) is 53.2 Å². The summed E-state index contributed by atoms with van der Waals surface area (Å²) in [6, 6.07) is 9.90. The third-order valence-corrected chi connectivity index (χ3v) is 7.18. The van der Waals surface area contributed by atoms with E-state index in [9.17, 15) is 17.6 Å². The van der Waals surface area contributed by atoms with Gasteiger partial charge in [-0.15, -0.1) is 0 Å². The number of sulfonamides is 1. The van der Waals surface area contributed by atoms with Gasteiger partial charge in [0.1, 0.15) is 11.5 Å². The molecule has 3 N–H and O–H groups in total. The molecule has 3 aromatic rings. The Bertz CT molecular complexity index is 1340. The van der Waals surface area contributed by atoms with E-state index in [1.54, 1.807) is 49.0 Å². The predicted molar refractivity (Wildman–Crippen MR) is 126 cm³/mol. The van der Waals surface area contributed by atoms with E-state index in [1.807, 2.05) is 6.92 Å². The first-order chi connectivity index (χ1) is 15.5. The summed E-state index contributed by atoms with van der Waals surface area (Å²) in [4.78, 5) is 18.7. The highest BCUT2D eigenvalue weighted by Gasteiger charge is 2.23. The fourth-order valence-corrected chi connectivity index (χ4v) is 4.58. The van der Waals surface area contributed by atoms with Crippen LogP contribution in [0.5, 0.6) is 0 Å². The molecule has 0 aliphatic rings. The Morgan fingerprint density at radius 1 is 1.18 bits per heavy atom. The van der Waals surface area contributed by atoms with Crippen LogP contribution in [0.1, 0.15) is 16.2 Å². The lowest BCUT2D eigenvalue weighted by Gasteiger charge is -2.13. The van der Waals surface area contributed by atoms with Crippen molar-refractivity contribution in [3.63, 3.8) is 0 Å². The Balaban J connectivity index is 2.32.